The summed E-state index contributed by atoms with van der Waals surface area (Å²) >= 11 is 5.79. The maximum atomic E-state index is 11.6. The number of amides is 1. The van der Waals surface area contributed by atoms with Crippen LogP contribution in [0.4, 0.5) is 5.69 Å². The predicted molar refractivity (Wildman–Crippen MR) is 70.9 cm³/mol. The number of aliphatic carboxylic acids is 1. The van der Waals surface area contributed by atoms with E-state index in [9.17, 15) is 9.59 Å². The average Bonchev–Trinajstić information content (AvgIpc) is 2.35. The first-order chi connectivity index (χ1) is 9.02. The molecule has 0 aliphatic carbocycles. The quantitative estimate of drug-likeness (QED) is 0.784. The summed E-state index contributed by atoms with van der Waals surface area (Å²) in [5, 5.41) is 20.4. The van der Waals surface area contributed by atoms with E-state index in [1.807, 2.05) is 6.07 Å². The van der Waals surface area contributed by atoms with Crippen molar-refractivity contribution < 1.29 is 14.7 Å². The van der Waals surface area contributed by atoms with Crippen LogP contribution in [0.5, 0.6) is 0 Å². The molecule has 0 saturated carbocycles. The zero-order valence-corrected chi connectivity index (χ0v) is 10.9. The summed E-state index contributed by atoms with van der Waals surface area (Å²) in [6.07, 6.45) is 1.20. The van der Waals surface area contributed by atoms with Crippen LogP contribution in [0, 0.1) is 11.3 Å². The van der Waals surface area contributed by atoms with Gasteiger partial charge in [0.25, 0.3) is 0 Å². The van der Waals surface area contributed by atoms with E-state index in [0.29, 0.717) is 29.1 Å². The molecule has 0 saturated heterocycles. The first-order valence-electron chi connectivity index (χ1n) is 5.74. The highest BCUT2D eigenvalue weighted by molar-refractivity contribution is 6.31. The van der Waals surface area contributed by atoms with Crippen LogP contribution in [0.3, 0.4) is 0 Å². The molecule has 0 heterocycles. The van der Waals surface area contributed by atoms with Gasteiger partial charge in [0, 0.05) is 17.9 Å². The summed E-state index contributed by atoms with van der Waals surface area (Å²) in [5.41, 5.74) is 0.710. The molecule has 0 aromatic heterocycles. The highest BCUT2D eigenvalue weighted by Gasteiger charge is 2.08. The van der Waals surface area contributed by atoms with Gasteiger partial charge in [-0.1, -0.05) is 11.6 Å². The van der Waals surface area contributed by atoms with Crippen LogP contribution >= 0.6 is 11.6 Å². The number of hydrogen-bond acceptors (Lipinski definition) is 3. The van der Waals surface area contributed by atoms with Gasteiger partial charge >= 0.3 is 5.97 Å². The van der Waals surface area contributed by atoms with E-state index in [1.54, 1.807) is 6.07 Å². The van der Waals surface area contributed by atoms with Crippen LogP contribution in [0.25, 0.3) is 0 Å². The summed E-state index contributed by atoms with van der Waals surface area (Å²) in [7, 11) is 0. The van der Waals surface area contributed by atoms with Crippen LogP contribution in [0.1, 0.15) is 31.2 Å². The fraction of sp³-hybridized carbons (Fsp3) is 0.308. The highest BCUT2D eigenvalue weighted by atomic mass is 35.5. The molecule has 1 aromatic rings. The number of carboxylic acid groups (broad SMARTS) is 1. The molecular formula is C13H13ClN2O3. The molecule has 0 bridgehead atoms. The molecule has 0 radical (unpaired) electrons. The number of nitrogens with zero attached hydrogens (tertiary/aromatic N) is 1. The molecule has 100 valence electrons. The first kappa shape index (κ1) is 15.0. The number of rotatable bonds is 6. The number of nitriles is 1. The number of halogens is 1. The molecular weight excluding hydrogens is 268 g/mol. The molecule has 0 atom stereocenters. The van der Waals surface area contributed by atoms with E-state index >= 15 is 0 Å². The predicted octanol–water partition coefficient (Wildman–Crippen LogP) is 2.80. The Balaban J connectivity index is 2.51. The number of benzene rings is 1. The third-order valence-corrected chi connectivity index (χ3v) is 2.66. The number of anilines is 1. The van der Waals surface area contributed by atoms with Crippen molar-refractivity contribution in [3.05, 3.63) is 28.8 Å². The minimum Gasteiger partial charge on any atom is -0.481 e. The number of hydrogen-bond donors (Lipinski definition) is 2. The standard InChI is InChI=1S/C13H13ClN2O3/c14-10-6-5-9(8-15)11(7-10)16-12(17)3-1-2-4-13(18)19/h5-7H,1-4H2,(H,16,17)(H,18,19). The van der Waals surface area contributed by atoms with Gasteiger partial charge in [-0.25, -0.2) is 0 Å². The zero-order chi connectivity index (χ0) is 14.3. The molecule has 1 amide bonds. The Hall–Kier alpha value is -2.06. The summed E-state index contributed by atoms with van der Waals surface area (Å²) in [4.78, 5) is 21.9. The smallest absolute Gasteiger partial charge is 0.303 e. The lowest BCUT2D eigenvalue weighted by atomic mass is 10.1. The Morgan fingerprint density at radius 1 is 1.32 bits per heavy atom. The van der Waals surface area contributed by atoms with Crippen molar-refractivity contribution >= 4 is 29.2 Å². The molecule has 19 heavy (non-hydrogen) atoms. The lowest BCUT2D eigenvalue weighted by Crippen LogP contribution is -2.12. The second-order valence-corrected chi connectivity index (χ2v) is 4.39. The summed E-state index contributed by atoms with van der Waals surface area (Å²) in [6.45, 7) is 0. The summed E-state index contributed by atoms with van der Waals surface area (Å²) in [5.74, 6) is -1.13. The average molecular weight is 281 g/mol. The zero-order valence-electron chi connectivity index (χ0n) is 10.1. The van der Waals surface area contributed by atoms with Crippen LogP contribution in [-0.2, 0) is 9.59 Å². The Labute approximate surface area is 115 Å². The lowest BCUT2D eigenvalue weighted by molar-refractivity contribution is -0.137. The summed E-state index contributed by atoms with van der Waals surface area (Å²) < 4.78 is 0. The van der Waals surface area contributed by atoms with Crippen molar-refractivity contribution in [2.75, 3.05) is 5.32 Å². The minimum atomic E-state index is -0.873. The van der Waals surface area contributed by atoms with E-state index < -0.39 is 5.97 Å². The molecule has 0 fully saturated rings. The maximum absolute atomic E-state index is 11.6. The van der Waals surface area contributed by atoms with E-state index in [4.69, 9.17) is 22.0 Å². The number of carbonyl (C=O) groups excluding carboxylic acids is 1. The van der Waals surface area contributed by atoms with E-state index in [1.165, 1.54) is 12.1 Å². The van der Waals surface area contributed by atoms with Gasteiger partial charge in [-0.05, 0) is 31.0 Å². The summed E-state index contributed by atoms with van der Waals surface area (Å²) in [6, 6.07) is 6.57. The van der Waals surface area contributed by atoms with E-state index in [2.05, 4.69) is 5.32 Å². The lowest BCUT2D eigenvalue weighted by Gasteiger charge is -2.07. The first-order valence-corrected chi connectivity index (χ1v) is 6.12. The van der Waals surface area contributed by atoms with Gasteiger partial charge in [0.15, 0.2) is 0 Å². The Morgan fingerprint density at radius 3 is 2.63 bits per heavy atom. The number of unbranched alkanes of at least 4 members (excludes halogenated alkanes) is 1. The molecule has 0 aliphatic rings. The fourth-order valence-corrected chi connectivity index (χ4v) is 1.66. The maximum Gasteiger partial charge on any atom is 0.303 e. The van der Waals surface area contributed by atoms with Crippen molar-refractivity contribution in [3.8, 4) is 6.07 Å². The van der Waals surface area contributed by atoms with Crippen LogP contribution in [0.2, 0.25) is 5.02 Å². The Morgan fingerprint density at radius 2 is 2.00 bits per heavy atom. The van der Waals surface area contributed by atoms with Crippen molar-refractivity contribution in [1.29, 1.82) is 5.26 Å². The van der Waals surface area contributed by atoms with Gasteiger partial charge in [0.05, 0.1) is 11.3 Å². The second-order valence-electron chi connectivity index (χ2n) is 3.95. The fourth-order valence-electron chi connectivity index (χ4n) is 1.49. The Kier molecular flexibility index (Phi) is 5.83. The SMILES string of the molecule is N#Cc1ccc(Cl)cc1NC(=O)CCCCC(=O)O. The normalized spacial score (nSPS) is 9.68. The molecule has 2 N–H and O–H groups in total. The largest absolute Gasteiger partial charge is 0.481 e. The van der Waals surface area contributed by atoms with Gasteiger partial charge in [-0.3, -0.25) is 9.59 Å². The topological polar surface area (TPSA) is 90.2 Å². The van der Waals surface area contributed by atoms with Gasteiger partial charge in [-0.15, -0.1) is 0 Å². The second kappa shape index (κ2) is 7.39. The monoisotopic (exact) mass is 280 g/mol. The molecule has 0 aliphatic heterocycles. The molecule has 0 unspecified atom stereocenters. The number of carboxylic acids is 1. The third kappa shape index (κ3) is 5.40. The van der Waals surface area contributed by atoms with Gasteiger partial charge in [0.1, 0.15) is 6.07 Å². The van der Waals surface area contributed by atoms with Crippen molar-refractivity contribution in [2.24, 2.45) is 0 Å². The molecule has 5 nitrogen and oxygen atoms in total. The van der Waals surface area contributed by atoms with Crippen molar-refractivity contribution in [3.63, 3.8) is 0 Å². The van der Waals surface area contributed by atoms with Crippen molar-refractivity contribution in [2.45, 2.75) is 25.7 Å². The molecule has 0 spiro atoms. The molecule has 1 rings (SSSR count). The highest BCUT2D eigenvalue weighted by Crippen LogP contribution is 2.20. The Bertz CT molecular complexity index is 523. The van der Waals surface area contributed by atoms with Crippen molar-refractivity contribution in [1.82, 2.24) is 0 Å². The van der Waals surface area contributed by atoms with Crippen LogP contribution in [0.15, 0.2) is 18.2 Å². The molecule has 1 aromatic carbocycles. The number of carbonyl (C=O) groups is 2. The van der Waals surface area contributed by atoms with E-state index in [-0.39, 0.29) is 18.7 Å². The molecule has 6 heteroatoms. The van der Waals surface area contributed by atoms with E-state index in [0.717, 1.165) is 0 Å². The van der Waals surface area contributed by atoms with Gasteiger partial charge < -0.3 is 10.4 Å². The van der Waals surface area contributed by atoms with Crippen LogP contribution < -0.4 is 5.32 Å². The number of nitrogens with one attached hydrogen (secondary N) is 1. The third-order valence-electron chi connectivity index (χ3n) is 2.42. The van der Waals surface area contributed by atoms with Gasteiger partial charge in [-0.2, -0.15) is 5.26 Å². The van der Waals surface area contributed by atoms with Gasteiger partial charge in [0.2, 0.25) is 5.91 Å². The van der Waals surface area contributed by atoms with Crippen LogP contribution in [-0.4, -0.2) is 17.0 Å². The minimum absolute atomic E-state index is 0.0495.